The predicted octanol–water partition coefficient (Wildman–Crippen LogP) is 3.79. The van der Waals surface area contributed by atoms with Crippen molar-refractivity contribution < 1.29 is 0 Å². The smallest absolute Gasteiger partial charge is 0.0732 e. The van der Waals surface area contributed by atoms with Crippen molar-refractivity contribution >= 4 is 22.7 Å². The van der Waals surface area contributed by atoms with Gasteiger partial charge in [-0.25, -0.2) is 0 Å². The van der Waals surface area contributed by atoms with E-state index in [1.54, 1.807) is 0 Å². The molecule has 1 fully saturated rings. The van der Waals surface area contributed by atoms with E-state index in [0.29, 0.717) is 0 Å². The summed E-state index contributed by atoms with van der Waals surface area (Å²) >= 11 is 1.94. The Bertz CT molecular complexity index is 467. The summed E-state index contributed by atoms with van der Waals surface area (Å²) in [6.45, 7) is 1.21. The van der Waals surface area contributed by atoms with Crippen molar-refractivity contribution in [1.82, 2.24) is 10.3 Å². The minimum absolute atomic E-state index is 0.746. The van der Waals surface area contributed by atoms with Gasteiger partial charge in [-0.1, -0.05) is 24.6 Å². The first-order valence-electron chi connectivity index (χ1n) is 6.86. The van der Waals surface area contributed by atoms with E-state index in [-0.39, 0.29) is 0 Å². The minimum Gasteiger partial charge on any atom is -0.350 e. The van der Waals surface area contributed by atoms with Crippen molar-refractivity contribution in [3.8, 4) is 0 Å². The van der Waals surface area contributed by atoms with Crippen LogP contribution in [0, 0.1) is 0 Å². The van der Waals surface area contributed by atoms with Crippen LogP contribution in [0.5, 0.6) is 0 Å². The Labute approximate surface area is 113 Å². The highest BCUT2D eigenvalue weighted by Crippen LogP contribution is 2.24. The molecule has 1 unspecified atom stereocenters. The Morgan fingerprint density at radius 2 is 2.17 bits per heavy atom. The lowest BCUT2D eigenvalue weighted by Gasteiger charge is -2.22. The minimum atomic E-state index is 0.746. The maximum Gasteiger partial charge on any atom is 0.0732 e. The zero-order valence-corrected chi connectivity index (χ0v) is 11.4. The van der Waals surface area contributed by atoms with Gasteiger partial charge in [-0.3, -0.25) is 0 Å². The first-order chi connectivity index (χ1) is 8.92. The molecule has 1 aliphatic heterocycles. The summed E-state index contributed by atoms with van der Waals surface area (Å²) in [6.07, 6.45) is 5.38. The number of fused-ring (bicyclic) bond motifs is 1. The van der Waals surface area contributed by atoms with Gasteiger partial charge in [0.2, 0.25) is 0 Å². The molecule has 18 heavy (non-hydrogen) atoms. The van der Waals surface area contributed by atoms with Crippen LogP contribution in [0.2, 0.25) is 0 Å². The first kappa shape index (κ1) is 12.1. The first-order valence-corrected chi connectivity index (χ1v) is 7.84. The number of benzene rings is 1. The number of nitrogens with one attached hydrogen (secondary N) is 2. The van der Waals surface area contributed by atoms with Gasteiger partial charge in [-0.15, -0.1) is 11.8 Å². The fraction of sp³-hybridized carbons (Fsp3) is 0.467. The molecule has 0 saturated carbocycles. The number of para-hydroxylation sites is 1. The normalized spacial score (nSPS) is 20.3. The lowest BCUT2D eigenvalue weighted by molar-refractivity contribution is 0.395. The number of hydrogen-bond donors (Lipinski definition) is 2. The summed E-state index contributed by atoms with van der Waals surface area (Å²) in [5, 5.41) is 6.22. The van der Waals surface area contributed by atoms with Crippen molar-refractivity contribution in [2.45, 2.75) is 36.8 Å². The Kier molecular flexibility index (Phi) is 3.91. The molecule has 1 aromatic carbocycles. The third kappa shape index (κ3) is 2.90. The highest BCUT2D eigenvalue weighted by Gasteiger charge is 2.12. The second-order valence-electron chi connectivity index (χ2n) is 5.00. The molecule has 1 aromatic heterocycles. The molecule has 0 bridgehead atoms. The Hall–Kier alpha value is -0.930. The molecule has 3 rings (SSSR count). The van der Waals surface area contributed by atoms with Crippen molar-refractivity contribution in [1.29, 1.82) is 0 Å². The van der Waals surface area contributed by atoms with Crippen LogP contribution in [0.15, 0.2) is 35.4 Å². The van der Waals surface area contributed by atoms with Gasteiger partial charge in [0.25, 0.3) is 0 Å². The molecular formula is C15H20N2S. The summed E-state index contributed by atoms with van der Waals surface area (Å²) in [5.74, 6) is 1.20. The van der Waals surface area contributed by atoms with Crippen molar-refractivity contribution in [2.75, 3.05) is 12.3 Å². The summed E-state index contributed by atoms with van der Waals surface area (Å²) in [6, 6.07) is 11.5. The lowest BCUT2D eigenvalue weighted by atomic mass is 10.0. The largest absolute Gasteiger partial charge is 0.350 e. The number of piperidine rings is 1. The topological polar surface area (TPSA) is 27.8 Å². The van der Waals surface area contributed by atoms with E-state index < -0.39 is 0 Å². The van der Waals surface area contributed by atoms with E-state index in [1.165, 1.54) is 53.9 Å². The maximum absolute atomic E-state index is 3.61. The number of thioether (sulfide) groups is 1. The van der Waals surface area contributed by atoms with Crippen LogP contribution in [-0.2, 0) is 0 Å². The molecular weight excluding hydrogens is 240 g/mol. The van der Waals surface area contributed by atoms with Crippen LogP contribution in [0.25, 0.3) is 10.9 Å². The molecule has 1 aliphatic rings. The van der Waals surface area contributed by atoms with Crippen LogP contribution in [-0.4, -0.2) is 23.3 Å². The fourth-order valence-corrected chi connectivity index (χ4v) is 3.62. The number of H-pyrrole nitrogens is 1. The van der Waals surface area contributed by atoms with Gasteiger partial charge in [0, 0.05) is 22.7 Å². The molecule has 1 saturated heterocycles. The SMILES string of the molecule is c1ccc2[nH]c(SCCC3CCCCN3)cc2c1. The van der Waals surface area contributed by atoms with Gasteiger partial charge in [-0.05, 0) is 37.9 Å². The van der Waals surface area contributed by atoms with Crippen LogP contribution in [0.4, 0.5) is 0 Å². The third-order valence-corrected chi connectivity index (χ3v) is 4.61. The summed E-state index contributed by atoms with van der Waals surface area (Å²) in [4.78, 5) is 3.48. The van der Waals surface area contributed by atoms with Gasteiger partial charge in [0.1, 0.15) is 0 Å². The van der Waals surface area contributed by atoms with Crippen molar-refractivity contribution in [3.63, 3.8) is 0 Å². The quantitative estimate of drug-likeness (QED) is 0.819. The summed E-state index contributed by atoms with van der Waals surface area (Å²) in [5.41, 5.74) is 1.25. The summed E-state index contributed by atoms with van der Waals surface area (Å²) in [7, 11) is 0. The Balaban J connectivity index is 1.53. The van der Waals surface area contributed by atoms with Gasteiger partial charge in [-0.2, -0.15) is 0 Å². The van der Waals surface area contributed by atoms with Crippen molar-refractivity contribution in [2.24, 2.45) is 0 Å². The lowest BCUT2D eigenvalue weighted by Crippen LogP contribution is -2.34. The molecule has 2 aromatic rings. The number of rotatable bonds is 4. The molecule has 3 heteroatoms. The van der Waals surface area contributed by atoms with Crippen LogP contribution < -0.4 is 5.32 Å². The van der Waals surface area contributed by atoms with Crippen LogP contribution >= 0.6 is 11.8 Å². The van der Waals surface area contributed by atoms with E-state index in [9.17, 15) is 0 Å². The average Bonchev–Trinajstić information content (AvgIpc) is 2.82. The second kappa shape index (κ2) is 5.81. The zero-order chi connectivity index (χ0) is 12.2. The number of aromatic nitrogens is 1. The van der Waals surface area contributed by atoms with E-state index in [2.05, 4.69) is 40.6 Å². The second-order valence-corrected chi connectivity index (χ2v) is 6.14. The van der Waals surface area contributed by atoms with Gasteiger partial charge >= 0.3 is 0 Å². The van der Waals surface area contributed by atoms with Crippen molar-refractivity contribution in [3.05, 3.63) is 30.3 Å². The van der Waals surface area contributed by atoms with E-state index in [0.717, 1.165) is 6.04 Å². The zero-order valence-electron chi connectivity index (χ0n) is 10.6. The van der Waals surface area contributed by atoms with Gasteiger partial charge in [0.05, 0.1) is 5.03 Å². The molecule has 1 atom stereocenters. The van der Waals surface area contributed by atoms with Gasteiger partial charge < -0.3 is 10.3 Å². The monoisotopic (exact) mass is 260 g/mol. The van der Waals surface area contributed by atoms with E-state index >= 15 is 0 Å². The molecule has 2 N–H and O–H groups in total. The summed E-state index contributed by atoms with van der Waals surface area (Å²) < 4.78 is 0. The highest BCUT2D eigenvalue weighted by atomic mass is 32.2. The average molecular weight is 260 g/mol. The molecule has 0 spiro atoms. The molecule has 0 aliphatic carbocycles. The predicted molar refractivity (Wildman–Crippen MR) is 79.3 cm³/mol. The maximum atomic E-state index is 3.61. The molecule has 96 valence electrons. The van der Waals surface area contributed by atoms with Gasteiger partial charge in [0.15, 0.2) is 0 Å². The highest BCUT2D eigenvalue weighted by molar-refractivity contribution is 7.99. The Morgan fingerprint density at radius 3 is 3.00 bits per heavy atom. The fourth-order valence-electron chi connectivity index (χ4n) is 2.61. The standard InChI is InChI=1S/C15H20N2S/c1-2-7-14-12(5-1)11-15(17-14)18-10-8-13-6-3-4-9-16-13/h1-2,5,7,11,13,16-17H,3-4,6,8-10H2. The number of hydrogen-bond acceptors (Lipinski definition) is 2. The van der Waals surface area contributed by atoms with Crippen LogP contribution in [0.1, 0.15) is 25.7 Å². The molecule has 2 nitrogen and oxygen atoms in total. The van der Waals surface area contributed by atoms with E-state index in [1.807, 2.05) is 11.8 Å². The van der Waals surface area contributed by atoms with E-state index in [4.69, 9.17) is 0 Å². The van der Waals surface area contributed by atoms with Crippen LogP contribution in [0.3, 0.4) is 0 Å². The molecule has 0 amide bonds. The Morgan fingerprint density at radius 1 is 1.22 bits per heavy atom. The third-order valence-electron chi connectivity index (χ3n) is 3.64. The number of aromatic amines is 1. The molecule has 0 radical (unpaired) electrons. The molecule has 2 heterocycles.